The number of carbonyl (C=O) groups is 1. The topological polar surface area (TPSA) is 111 Å². The highest BCUT2D eigenvalue weighted by molar-refractivity contribution is 7.09. The summed E-state index contributed by atoms with van der Waals surface area (Å²) in [7, 11) is 0. The largest absolute Gasteiger partial charge is 0.325 e. The SMILES string of the molecule is NCc1nc(C(=O)Nc2cccc([N+](=O)[O-])c2)cs1. The Morgan fingerprint density at radius 1 is 1.53 bits per heavy atom. The second-order valence-electron chi connectivity index (χ2n) is 3.59. The lowest BCUT2D eigenvalue weighted by Gasteiger charge is -2.02. The van der Waals surface area contributed by atoms with E-state index in [0.717, 1.165) is 0 Å². The molecule has 1 heterocycles. The quantitative estimate of drug-likeness (QED) is 0.653. The summed E-state index contributed by atoms with van der Waals surface area (Å²) in [5.74, 6) is -0.420. The molecule has 98 valence electrons. The standard InChI is InChI=1S/C11H10N4O3S/c12-5-10-14-9(6-19-10)11(16)13-7-2-1-3-8(4-7)15(17)18/h1-4,6H,5,12H2,(H,13,16). The average molecular weight is 278 g/mol. The van der Waals surface area contributed by atoms with Gasteiger partial charge in [0.2, 0.25) is 0 Å². The van der Waals surface area contributed by atoms with Crippen LogP contribution >= 0.6 is 11.3 Å². The van der Waals surface area contributed by atoms with Gasteiger partial charge in [-0.1, -0.05) is 6.07 Å². The maximum Gasteiger partial charge on any atom is 0.275 e. The Labute approximate surface area is 112 Å². The molecule has 19 heavy (non-hydrogen) atoms. The molecule has 0 fully saturated rings. The number of anilines is 1. The molecule has 2 aromatic rings. The number of hydrogen-bond acceptors (Lipinski definition) is 6. The molecule has 0 saturated heterocycles. The zero-order valence-electron chi connectivity index (χ0n) is 9.70. The number of nitrogens with zero attached hydrogens (tertiary/aromatic N) is 2. The number of nitrogens with two attached hydrogens (primary N) is 1. The summed E-state index contributed by atoms with van der Waals surface area (Å²) < 4.78 is 0. The number of nitro benzene ring substituents is 1. The Morgan fingerprint density at radius 2 is 2.32 bits per heavy atom. The molecule has 7 nitrogen and oxygen atoms in total. The molecule has 0 atom stereocenters. The molecule has 0 radical (unpaired) electrons. The van der Waals surface area contributed by atoms with E-state index in [1.165, 1.54) is 29.5 Å². The molecule has 0 saturated carbocycles. The second-order valence-corrected chi connectivity index (χ2v) is 4.53. The smallest absolute Gasteiger partial charge is 0.275 e. The predicted octanol–water partition coefficient (Wildman–Crippen LogP) is 1.76. The Hall–Kier alpha value is -2.32. The van der Waals surface area contributed by atoms with Crippen LogP contribution in [0, 0.1) is 10.1 Å². The van der Waals surface area contributed by atoms with Crippen LogP contribution in [0.4, 0.5) is 11.4 Å². The number of nitro groups is 1. The van der Waals surface area contributed by atoms with E-state index >= 15 is 0 Å². The fourth-order valence-corrected chi connectivity index (χ4v) is 2.06. The molecule has 0 aliphatic carbocycles. The Morgan fingerprint density at radius 3 is 2.95 bits per heavy atom. The summed E-state index contributed by atoms with van der Waals surface area (Å²) in [4.78, 5) is 26.0. The summed E-state index contributed by atoms with van der Waals surface area (Å²) in [6, 6.07) is 5.71. The summed E-state index contributed by atoms with van der Waals surface area (Å²) in [5.41, 5.74) is 5.92. The molecule has 3 N–H and O–H groups in total. The number of carbonyl (C=O) groups excluding carboxylic acids is 1. The Bertz CT molecular complexity index is 626. The number of rotatable bonds is 4. The maximum atomic E-state index is 11.8. The van der Waals surface area contributed by atoms with Crippen molar-refractivity contribution in [2.24, 2.45) is 5.73 Å². The van der Waals surface area contributed by atoms with Gasteiger partial charge >= 0.3 is 0 Å². The molecule has 0 bridgehead atoms. The molecule has 0 aliphatic heterocycles. The number of nitrogens with one attached hydrogen (secondary N) is 1. The normalized spacial score (nSPS) is 10.2. The third-order valence-corrected chi connectivity index (χ3v) is 3.14. The average Bonchev–Trinajstić information content (AvgIpc) is 2.88. The van der Waals surface area contributed by atoms with Crippen molar-refractivity contribution in [2.45, 2.75) is 6.54 Å². The third-order valence-electron chi connectivity index (χ3n) is 2.27. The van der Waals surface area contributed by atoms with E-state index in [9.17, 15) is 14.9 Å². The third kappa shape index (κ3) is 3.12. The van der Waals surface area contributed by atoms with Crippen molar-refractivity contribution < 1.29 is 9.72 Å². The number of hydrogen-bond donors (Lipinski definition) is 2. The lowest BCUT2D eigenvalue weighted by molar-refractivity contribution is -0.384. The van der Waals surface area contributed by atoms with Crippen LogP contribution in [0.25, 0.3) is 0 Å². The Kier molecular flexibility index (Phi) is 3.83. The fraction of sp³-hybridized carbons (Fsp3) is 0.0909. The Balaban J connectivity index is 2.14. The molecule has 1 aromatic heterocycles. The highest BCUT2D eigenvalue weighted by atomic mass is 32.1. The van der Waals surface area contributed by atoms with Gasteiger partial charge in [-0.15, -0.1) is 11.3 Å². The van der Waals surface area contributed by atoms with Gasteiger partial charge in [0.05, 0.1) is 4.92 Å². The fourth-order valence-electron chi connectivity index (χ4n) is 1.40. The monoisotopic (exact) mass is 278 g/mol. The van der Waals surface area contributed by atoms with Gasteiger partial charge in [0.15, 0.2) is 0 Å². The van der Waals surface area contributed by atoms with E-state index in [4.69, 9.17) is 5.73 Å². The van der Waals surface area contributed by atoms with Crippen molar-refractivity contribution in [3.63, 3.8) is 0 Å². The van der Waals surface area contributed by atoms with E-state index in [1.54, 1.807) is 11.4 Å². The summed E-state index contributed by atoms with van der Waals surface area (Å²) in [5, 5.41) is 15.4. The molecule has 0 aliphatic rings. The number of non-ortho nitro benzene ring substituents is 1. The van der Waals surface area contributed by atoms with Crippen molar-refractivity contribution >= 4 is 28.6 Å². The van der Waals surface area contributed by atoms with E-state index < -0.39 is 10.8 Å². The summed E-state index contributed by atoms with van der Waals surface area (Å²) in [6.07, 6.45) is 0. The lowest BCUT2D eigenvalue weighted by Crippen LogP contribution is -2.12. The first-order chi connectivity index (χ1) is 9.10. The van der Waals surface area contributed by atoms with Gasteiger partial charge in [0.25, 0.3) is 11.6 Å². The van der Waals surface area contributed by atoms with E-state index in [-0.39, 0.29) is 17.9 Å². The molecular formula is C11H10N4O3S. The predicted molar refractivity (Wildman–Crippen MR) is 71.1 cm³/mol. The number of benzene rings is 1. The van der Waals surface area contributed by atoms with Gasteiger partial charge < -0.3 is 11.1 Å². The van der Waals surface area contributed by atoms with Crippen LogP contribution in [0.2, 0.25) is 0 Å². The molecule has 8 heteroatoms. The van der Waals surface area contributed by atoms with Crippen LogP contribution in [0.1, 0.15) is 15.5 Å². The van der Waals surface area contributed by atoms with Crippen LogP contribution in [0.15, 0.2) is 29.6 Å². The minimum Gasteiger partial charge on any atom is -0.325 e. The van der Waals surface area contributed by atoms with Gasteiger partial charge in [-0.05, 0) is 6.07 Å². The zero-order valence-corrected chi connectivity index (χ0v) is 10.5. The molecule has 1 aromatic carbocycles. The summed E-state index contributed by atoms with van der Waals surface area (Å²) >= 11 is 1.29. The first-order valence-corrected chi connectivity index (χ1v) is 6.18. The highest BCUT2D eigenvalue weighted by Gasteiger charge is 2.12. The van der Waals surface area contributed by atoms with Gasteiger partial charge in [0.1, 0.15) is 10.7 Å². The minimum absolute atomic E-state index is 0.0845. The van der Waals surface area contributed by atoms with Gasteiger partial charge in [-0.2, -0.15) is 0 Å². The van der Waals surface area contributed by atoms with Crippen LogP contribution < -0.4 is 11.1 Å². The molecule has 0 unspecified atom stereocenters. The van der Waals surface area contributed by atoms with Crippen LogP contribution in [0.3, 0.4) is 0 Å². The van der Waals surface area contributed by atoms with Crippen LogP contribution in [-0.2, 0) is 6.54 Å². The van der Waals surface area contributed by atoms with Crippen molar-refractivity contribution in [3.05, 3.63) is 50.5 Å². The number of aromatic nitrogens is 1. The van der Waals surface area contributed by atoms with Gasteiger partial charge in [-0.3, -0.25) is 14.9 Å². The highest BCUT2D eigenvalue weighted by Crippen LogP contribution is 2.18. The molecule has 2 rings (SSSR count). The van der Waals surface area contributed by atoms with Gasteiger partial charge in [-0.25, -0.2) is 4.98 Å². The zero-order chi connectivity index (χ0) is 13.8. The van der Waals surface area contributed by atoms with Crippen molar-refractivity contribution in [2.75, 3.05) is 5.32 Å². The number of thiazole rings is 1. The lowest BCUT2D eigenvalue weighted by atomic mass is 10.2. The molecule has 1 amide bonds. The second kappa shape index (κ2) is 5.55. The van der Waals surface area contributed by atoms with Gasteiger partial charge in [0, 0.05) is 29.7 Å². The number of amides is 1. The van der Waals surface area contributed by atoms with Crippen molar-refractivity contribution in [3.8, 4) is 0 Å². The van der Waals surface area contributed by atoms with Crippen molar-refractivity contribution in [1.82, 2.24) is 4.98 Å². The van der Waals surface area contributed by atoms with Crippen LogP contribution in [-0.4, -0.2) is 15.8 Å². The summed E-state index contributed by atoms with van der Waals surface area (Å²) in [6.45, 7) is 0.273. The first kappa shape index (κ1) is 13.1. The van der Waals surface area contributed by atoms with Crippen LogP contribution in [0.5, 0.6) is 0 Å². The molecule has 0 spiro atoms. The van der Waals surface area contributed by atoms with E-state index in [0.29, 0.717) is 10.7 Å². The maximum absolute atomic E-state index is 11.8. The minimum atomic E-state index is -0.523. The van der Waals surface area contributed by atoms with E-state index in [1.807, 2.05) is 0 Å². The molecular weight excluding hydrogens is 268 g/mol. The van der Waals surface area contributed by atoms with E-state index in [2.05, 4.69) is 10.3 Å². The van der Waals surface area contributed by atoms with Crippen molar-refractivity contribution in [1.29, 1.82) is 0 Å². The first-order valence-electron chi connectivity index (χ1n) is 5.30.